The number of halogens is 1. The van der Waals surface area contributed by atoms with Crippen LogP contribution in [-0.2, 0) is 0 Å². The van der Waals surface area contributed by atoms with E-state index in [9.17, 15) is 5.11 Å². The molecule has 3 nitrogen and oxygen atoms in total. The first kappa shape index (κ1) is 13.7. The van der Waals surface area contributed by atoms with Gasteiger partial charge >= 0.3 is 0 Å². The fourth-order valence-electron chi connectivity index (χ4n) is 2.63. The second kappa shape index (κ2) is 6.41. The summed E-state index contributed by atoms with van der Waals surface area (Å²) in [6, 6.07) is 8.36. The predicted molar refractivity (Wildman–Crippen MR) is 76.4 cm³/mol. The number of hydrogen-bond donors (Lipinski definition) is 1. The van der Waals surface area contributed by atoms with Crippen molar-refractivity contribution in [1.82, 2.24) is 4.90 Å². The molecule has 1 unspecified atom stereocenters. The summed E-state index contributed by atoms with van der Waals surface area (Å²) >= 11 is 6.07. The molecule has 0 saturated carbocycles. The molecule has 0 radical (unpaired) electrons. The molecular formula is C14H21ClN2O. The molecule has 1 N–H and O–H groups in total. The van der Waals surface area contributed by atoms with Crippen molar-refractivity contribution in [2.75, 3.05) is 38.2 Å². The van der Waals surface area contributed by atoms with E-state index < -0.39 is 0 Å². The maximum absolute atomic E-state index is 9.24. The Morgan fingerprint density at radius 3 is 2.94 bits per heavy atom. The van der Waals surface area contributed by atoms with Crippen LogP contribution in [0.4, 0.5) is 5.69 Å². The van der Waals surface area contributed by atoms with Gasteiger partial charge in [0.1, 0.15) is 0 Å². The smallest absolute Gasteiger partial charge is 0.0451 e. The van der Waals surface area contributed by atoms with E-state index in [1.165, 1.54) is 0 Å². The van der Waals surface area contributed by atoms with Crippen LogP contribution in [0.15, 0.2) is 24.3 Å². The first-order chi connectivity index (χ1) is 8.70. The number of nitrogens with zero attached hydrogens (tertiary/aromatic N) is 2. The predicted octanol–water partition coefficient (Wildman–Crippen LogP) is 2.23. The third-order valence-electron chi connectivity index (χ3n) is 3.50. The normalized spacial score (nSPS) is 21.9. The highest BCUT2D eigenvalue weighted by Gasteiger charge is 2.23. The van der Waals surface area contributed by atoms with Crippen LogP contribution >= 0.6 is 11.6 Å². The Morgan fingerprint density at radius 2 is 2.22 bits per heavy atom. The van der Waals surface area contributed by atoms with Gasteiger partial charge in [-0.1, -0.05) is 17.7 Å². The summed E-state index contributed by atoms with van der Waals surface area (Å²) < 4.78 is 0. The average molecular weight is 269 g/mol. The van der Waals surface area contributed by atoms with Gasteiger partial charge in [0.05, 0.1) is 0 Å². The minimum Gasteiger partial charge on any atom is -0.396 e. The SMILES string of the molecule is CN1CCCN(c2cccc(Cl)c2)C(CCO)C1. The molecule has 1 saturated heterocycles. The Kier molecular flexibility index (Phi) is 4.87. The molecule has 1 aliphatic rings. The number of likely N-dealkylation sites (N-methyl/N-ethyl adjacent to an activating group) is 1. The van der Waals surface area contributed by atoms with Crippen molar-refractivity contribution in [3.8, 4) is 0 Å². The van der Waals surface area contributed by atoms with Crippen molar-refractivity contribution in [2.45, 2.75) is 18.9 Å². The lowest BCUT2D eigenvalue weighted by molar-refractivity contribution is 0.253. The monoisotopic (exact) mass is 268 g/mol. The summed E-state index contributed by atoms with van der Waals surface area (Å²) in [6.07, 6.45) is 1.95. The zero-order valence-corrected chi connectivity index (χ0v) is 11.6. The van der Waals surface area contributed by atoms with E-state index in [4.69, 9.17) is 11.6 Å². The highest BCUT2D eigenvalue weighted by molar-refractivity contribution is 6.30. The molecule has 100 valence electrons. The molecule has 1 atom stereocenters. The largest absolute Gasteiger partial charge is 0.396 e. The molecule has 4 heteroatoms. The van der Waals surface area contributed by atoms with Crippen LogP contribution in [-0.4, -0.2) is 49.3 Å². The minimum atomic E-state index is 0.232. The molecule has 0 aliphatic carbocycles. The number of benzene rings is 1. The van der Waals surface area contributed by atoms with E-state index in [0.29, 0.717) is 6.04 Å². The number of aliphatic hydroxyl groups excluding tert-OH is 1. The average Bonchev–Trinajstić information content (AvgIpc) is 2.51. The Morgan fingerprint density at radius 1 is 1.39 bits per heavy atom. The minimum absolute atomic E-state index is 0.232. The van der Waals surface area contributed by atoms with E-state index in [-0.39, 0.29) is 6.61 Å². The molecule has 0 aromatic heterocycles. The van der Waals surface area contributed by atoms with Crippen LogP contribution in [0.5, 0.6) is 0 Å². The topological polar surface area (TPSA) is 26.7 Å². The Bertz CT molecular complexity index is 386. The van der Waals surface area contributed by atoms with Crippen LogP contribution < -0.4 is 4.90 Å². The highest BCUT2D eigenvalue weighted by atomic mass is 35.5. The number of rotatable bonds is 3. The van der Waals surface area contributed by atoms with Crippen LogP contribution in [0.25, 0.3) is 0 Å². The maximum Gasteiger partial charge on any atom is 0.0451 e. The summed E-state index contributed by atoms with van der Waals surface area (Å²) in [4.78, 5) is 4.72. The molecule has 0 spiro atoms. The standard InChI is InChI=1S/C14H21ClN2O/c1-16-7-3-8-17(14(11-16)6-9-18)13-5-2-4-12(15)10-13/h2,4-5,10,14,18H,3,6-9,11H2,1H3. The Labute approximate surface area is 114 Å². The van der Waals surface area contributed by atoms with Gasteiger partial charge in [-0.25, -0.2) is 0 Å². The number of hydrogen-bond acceptors (Lipinski definition) is 3. The van der Waals surface area contributed by atoms with Gasteiger partial charge in [0.25, 0.3) is 0 Å². The second-order valence-electron chi connectivity index (χ2n) is 4.96. The summed E-state index contributed by atoms with van der Waals surface area (Å²) in [5.41, 5.74) is 1.16. The van der Waals surface area contributed by atoms with Crippen molar-refractivity contribution in [2.24, 2.45) is 0 Å². The molecule has 1 fully saturated rings. The van der Waals surface area contributed by atoms with Gasteiger partial charge in [0, 0.05) is 36.4 Å². The van der Waals surface area contributed by atoms with Gasteiger partial charge in [-0.3, -0.25) is 0 Å². The van der Waals surface area contributed by atoms with Crippen molar-refractivity contribution in [3.63, 3.8) is 0 Å². The van der Waals surface area contributed by atoms with Crippen LogP contribution in [0.3, 0.4) is 0 Å². The van der Waals surface area contributed by atoms with Crippen molar-refractivity contribution in [1.29, 1.82) is 0 Å². The molecule has 18 heavy (non-hydrogen) atoms. The maximum atomic E-state index is 9.24. The number of anilines is 1. The van der Waals surface area contributed by atoms with Gasteiger partial charge in [0.15, 0.2) is 0 Å². The Hall–Kier alpha value is -0.770. The molecule has 1 aromatic rings. The van der Waals surface area contributed by atoms with Crippen LogP contribution in [0.2, 0.25) is 5.02 Å². The third kappa shape index (κ3) is 3.37. The van der Waals surface area contributed by atoms with Gasteiger partial charge in [-0.2, -0.15) is 0 Å². The Balaban J connectivity index is 2.21. The van der Waals surface area contributed by atoms with Gasteiger partial charge in [-0.15, -0.1) is 0 Å². The second-order valence-corrected chi connectivity index (χ2v) is 5.39. The molecule has 0 amide bonds. The van der Waals surface area contributed by atoms with Gasteiger partial charge in [-0.05, 0) is 44.6 Å². The summed E-state index contributed by atoms with van der Waals surface area (Å²) in [5, 5.41) is 10.0. The van der Waals surface area contributed by atoms with Gasteiger partial charge < -0.3 is 14.9 Å². The van der Waals surface area contributed by atoms with E-state index >= 15 is 0 Å². The first-order valence-electron chi connectivity index (χ1n) is 6.52. The third-order valence-corrected chi connectivity index (χ3v) is 3.74. The van der Waals surface area contributed by atoms with E-state index in [1.54, 1.807) is 0 Å². The highest BCUT2D eigenvalue weighted by Crippen LogP contribution is 2.24. The molecule has 1 heterocycles. The quantitative estimate of drug-likeness (QED) is 0.911. The lowest BCUT2D eigenvalue weighted by atomic mass is 10.1. The van der Waals surface area contributed by atoms with E-state index in [1.807, 2.05) is 18.2 Å². The fourth-order valence-corrected chi connectivity index (χ4v) is 2.82. The fraction of sp³-hybridized carbons (Fsp3) is 0.571. The van der Waals surface area contributed by atoms with Crippen molar-refractivity contribution >= 4 is 17.3 Å². The van der Waals surface area contributed by atoms with Crippen LogP contribution in [0, 0.1) is 0 Å². The van der Waals surface area contributed by atoms with Gasteiger partial charge in [0.2, 0.25) is 0 Å². The molecule has 0 bridgehead atoms. The lowest BCUT2D eigenvalue weighted by Gasteiger charge is -2.32. The van der Waals surface area contributed by atoms with Crippen molar-refractivity contribution in [3.05, 3.63) is 29.3 Å². The zero-order valence-electron chi connectivity index (χ0n) is 10.8. The lowest BCUT2D eigenvalue weighted by Crippen LogP contribution is -2.40. The zero-order chi connectivity index (χ0) is 13.0. The van der Waals surface area contributed by atoms with E-state index in [0.717, 1.165) is 43.2 Å². The van der Waals surface area contributed by atoms with Crippen LogP contribution in [0.1, 0.15) is 12.8 Å². The van der Waals surface area contributed by atoms with E-state index in [2.05, 4.69) is 22.9 Å². The summed E-state index contributed by atoms with van der Waals surface area (Å²) in [6.45, 7) is 3.36. The molecule has 1 aliphatic heterocycles. The number of aliphatic hydroxyl groups is 1. The first-order valence-corrected chi connectivity index (χ1v) is 6.90. The summed E-state index contributed by atoms with van der Waals surface area (Å²) in [5.74, 6) is 0. The molecule has 1 aromatic carbocycles. The molecule has 2 rings (SSSR count). The van der Waals surface area contributed by atoms with Crippen molar-refractivity contribution < 1.29 is 5.11 Å². The summed E-state index contributed by atoms with van der Waals surface area (Å²) in [7, 11) is 2.14. The molecular weight excluding hydrogens is 248 g/mol.